The average molecular weight is 352 g/mol. The van der Waals surface area contributed by atoms with E-state index in [1.807, 2.05) is 24.3 Å². The summed E-state index contributed by atoms with van der Waals surface area (Å²) in [6.07, 6.45) is 2.75. The number of hydrogen-bond donors (Lipinski definition) is 2. The number of carbonyl (C=O) groups excluding carboxylic acids is 2. The predicted octanol–water partition coefficient (Wildman–Crippen LogP) is 3.71. The highest BCUT2D eigenvalue weighted by Gasteiger charge is 2.16. The second-order valence-corrected chi connectivity index (χ2v) is 6.37. The summed E-state index contributed by atoms with van der Waals surface area (Å²) < 4.78 is 5.36. The lowest BCUT2D eigenvalue weighted by Crippen LogP contribution is -2.25. The van der Waals surface area contributed by atoms with E-state index >= 15 is 0 Å². The Morgan fingerprint density at radius 1 is 1.15 bits per heavy atom. The molecule has 0 unspecified atom stereocenters. The van der Waals surface area contributed by atoms with E-state index in [0.717, 1.165) is 35.2 Å². The Bertz CT molecular complexity index is 808. The van der Waals surface area contributed by atoms with E-state index < -0.39 is 0 Å². The molecule has 2 amide bonds. The van der Waals surface area contributed by atoms with Crippen LogP contribution in [0.15, 0.2) is 36.4 Å². The Hall–Kier alpha value is -2.82. The third-order valence-electron chi connectivity index (χ3n) is 4.58. The number of para-hydroxylation sites is 1. The van der Waals surface area contributed by atoms with Crippen molar-refractivity contribution in [2.24, 2.45) is 0 Å². The minimum Gasteiger partial charge on any atom is -0.482 e. The standard InChI is InChI=1S/C21H24N2O3/c1-3-15-6-5-7-16(4-2)21(15)23-19(24)11-9-14-8-10-18-17(12-14)22-20(25)13-26-18/h5-8,10,12H,3-4,9,11,13H2,1-2H3,(H,22,25)(H,23,24). The van der Waals surface area contributed by atoms with Crippen LogP contribution in [-0.2, 0) is 28.9 Å². The molecule has 1 aliphatic rings. The molecule has 0 radical (unpaired) electrons. The zero-order valence-electron chi connectivity index (χ0n) is 15.2. The van der Waals surface area contributed by atoms with Crippen LogP contribution in [0.1, 0.15) is 37.0 Å². The lowest BCUT2D eigenvalue weighted by Gasteiger charge is -2.18. The number of anilines is 2. The number of rotatable bonds is 6. The molecular weight excluding hydrogens is 328 g/mol. The molecule has 2 aromatic carbocycles. The predicted molar refractivity (Wildman–Crippen MR) is 103 cm³/mol. The zero-order valence-corrected chi connectivity index (χ0v) is 15.2. The van der Waals surface area contributed by atoms with Gasteiger partial charge in [0.1, 0.15) is 5.75 Å². The third-order valence-corrected chi connectivity index (χ3v) is 4.58. The number of nitrogens with one attached hydrogen (secondary N) is 2. The molecule has 0 spiro atoms. The highest BCUT2D eigenvalue weighted by Crippen LogP contribution is 2.29. The second-order valence-electron chi connectivity index (χ2n) is 6.37. The van der Waals surface area contributed by atoms with Crippen LogP contribution < -0.4 is 15.4 Å². The van der Waals surface area contributed by atoms with E-state index in [4.69, 9.17) is 4.74 Å². The zero-order chi connectivity index (χ0) is 18.5. The largest absolute Gasteiger partial charge is 0.482 e. The van der Waals surface area contributed by atoms with Crippen molar-refractivity contribution in [3.05, 3.63) is 53.1 Å². The molecule has 0 bridgehead atoms. The summed E-state index contributed by atoms with van der Waals surface area (Å²) in [6, 6.07) is 11.8. The molecular formula is C21H24N2O3. The summed E-state index contributed by atoms with van der Waals surface area (Å²) in [7, 11) is 0. The van der Waals surface area contributed by atoms with Crippen molar-refractivity contribution < 1.29 is 14.3 Å². The summed E-state index contributed by atoms with van der Waals surface area (Å²) in [5, 5.41) is 5.88. The van der Waals surface area contributed by atoms with Gasteiger partial charge in [-0.15, -0.1) is 0 Å². The first-order chi connectivity index (χ1) is 12.6. The van der Waals surface area contributed by atoms with Crippen LogP contribution >= 0.6 is 0 Å². The van der Waals surface area contributed by atoms with Crippen molar-refractivity contribution in [3.8, 4) is 5.75 Å². The molecule has 0 aliphatic carbocycles. The summed E-state index contributed by atoms with van der Waals surface area (Å²) in [6.45, 7) is 4.23. The molecule has 1 aliphatic heterocycles. The number of ether oxygens (including phenoxy) is 1. The van der Waals surface area contributed by atoms with Gasteiger partial charge in [-0.05, 0) is 48.1 Å². The van der Waals surface area contributed by atoms with Crippen LogP contribution in [0.25, 0.3) is 0 Å². The van der Waals surface area contributed by atoms with Crippen molar-refractivity contribution in [2.45, 2.75) is 39.5 Å². The molecule has 5 heteroatoms. The van der Waals surface area contributed by atoms with Gasteiger partial charge in [0, 0.05) is 12.1 Å². The number of hydrogen-bond acceptors (Lipinski definition) is 3. The highest BCUT2D eigenvalue weighted by atomic mass is 16.5. The Morgan fingerprint density at radius 2 is 1.88 bits per heavy atom. The highest BCUT2D eigenvalue weighted by molar-refractivity contribution is 5.95. The third kappa shape index (κ3) is 4.04. The first-order valence-corrected chi connectivity index (χ1v) is 9.07. The fourth-order valence-electron chi connectivity index (χ4n) is 3.15. The molecule has 0 saturated carbocycles. The molecule has 26 heavy (non-hydrogen) atoms. The van der Waals surface area contributed by atoms with Gasteiger partial charge in [-0.1, -0.05) is 38.1 Å². The van der Waals surface area contributed by atoms with E-state index in [9.17, 15) is 9.59 Å². The number of benzene rings is 2. The number of amides is 2. The average Bonchev–Trinajstić information content (AvgIpc) is 2.66. The van der Waals surface area contributed by atoms with Gasteiger partial charge in [0.05, 0.1) is 5.69 Å². The number of carbonyl (C=O) groups is 2. The van der Waals surface area contributed by atoms with E-state index in [1.54, 1.807) is 0 Å². The monoisotopic (exact) mass is 352 g/mol. The van der Waals surface area contributed by atoms with Crippen LogP contribution in [-0.4, -0.2) is 18.4 Å². The summed E-state index contributed by atoms with van der Waals surface area (Å²) in [5.41, 5.74) is 4.93. The Labute approximate surface area is 153 Å². The molecule has 2 N–H and O–H groups in total. The van der Waals surface area contributed by atoms with Gasteiger partial charge in [0.15, 0.2) is 6.61 Å². The van der Waals surface area contributed by atoms with Crippen molar-refractivity contribution in [1.29, 1.82) is 0 Å². The van der Waals surface area contributed by atoms with E-state index in [0.29, 0.717) is 24.3 Å². The fourth-order valence-corrected chi connectivity index (χ4v) is 3.15. The number of fused-ring (bicyclic) bond motifs is 1. The van der Waals surface area contributed by atoms with E-state index in [2.05, 4.69) is 36.6 Å². The van der Waals surface area contributed by atoms with Crippen molar-refractivity contribution in [2.75, 3.05) is 17.2 Å². The van der Waals surface area contributed by atoms with Gasteiger partial charge in [0.2, 0.25) is 5.91 Å². The molecule has 1 heterocycles. The van der Waals surface area contributed by atoms with Gasteiger partial charge in [-0.25, -0.2) is 0 Å². The van der Waals surface area contributed by atoms with E-state index in [1.165, 1.54) is 0 Å². The van der Waals surface area contributed by atoms with Crippen LogP contribution in [0.3, 0.4) is 0 Å². The van der Waals surface area contributed by atoms with E-state index in [-0.39, 0.29) is 18.4 Å². The minimum atomic E-state index is -0.157. The fraction of sp³-hybridized carbons (Fsp3) is 0.333. The summed E-state index contributed by atoms with van der Waals surface area (Å²) in [5.74, 6) is 0.511. The number of aryl methyl sites for hydroxylation is 3. The summed E-state index contributed by atoms with van der Waals surface area (Å²) >= 11 is 0. The maximum absolute atomic E-state index is 12.5. The Morgan fingerprint density at radius 3 is 2.58 bits per heavy atom. The lowest BCUT2D eigenvalue weighted by atomic mass is 10.0. The van der Waals surface area contributed by atoms with Gasteiger partial charge in [-0.2, -0.15) is 0 Å². The molecule has 3 rings (SSSR count). The van der Waals surface area contributed by atoms with Crippen molar-refractivity contribution in [3.63, 3.8) is 0 Å². The second kappa shape index (κ2) is 8.04. The SMILES string of the molecule is CCc1cccc(CC)c1NC(=O)CCc1ccc2c(c1)NC(=O)CO2. The van der Waals surface area contributed by atoms with Gasteiger partial charge < -0.3 is 15.4 Å². The van der Waals surface area contributed by atoms with Crippen LogP contribution in [0.2, 0.25) is 0 Å². The van der Waals surface area contributed by atoms with Crippen LogP contribution in [0.4, 0.5) is 11.4 Å². The first kappa shape index (κ1) is 18.0. The molecule has 0 atom stereocenters. The Balaban J connectivity index is 1.65. The van der Waals surface area contributed by atoms with Gasteiger partial charge in [-0.3, -0.25) is 9.59 Å². The molecule has 0 saturated heterocycles. The topological polar surface area (TPSA) is 67.4 Å². The maximum atomic E-state index is 12.5. The molecule has 0 aromatic heterocycles. The minimum absolute atomic E-state index is 0.00129. The summed E-state index contributed by atoms with van der Waals surface area (Å²) in [4.78, 5) is 23.9. The van der Waals surface area contributed by atoms with Gasteiger partial charge >= 0.3 is 0 Å². The van der Waals surface area contributed by atoms with Crippen molar-refractivity contribution >= 4 is 23.2 Å². The quantitative estimate of drug-likeness (QED) is 0.833. The molecule has 2 aromatic rings. The van der Waals surface area contributed by atoms with Crippen LogP contribution in [0.5, 0.6) is 5.75 Å². The smallest absolute Gasteiger partial charge is 0.262 e. The van der Waals surface area contributed by atoms with Crippen molar-refractivity contribution in [1.82, 2.24) is 0 Å². The normalized spacial score (nSPS) is 12.8. The molecule has 5 nitrogen and oxygen atoms in total. The van der Waals surface area contributed by atoms with Gasteiger partial charge in [0.25, 0.3) is 5.91 Å². The molecule has 136 valence electrons. The Kier molecular flexibility index (Phi) is 5.56. The first-order valence-electron chi connectivity index (χ1n) is 9.07. The lowest BCUT2D eigenvalue weighted by molar-refractivity contribution is -0.118. The maximum Gasteiger partial charge on any atom is 0.262 e. The van der Waals surface area contributed by atoms with Crippen LogP contribution in [0, 0.1) is 0 Å². The molecule has 0 fully saturated rings.